The van der Waals surface area contributed by atoms with Gasteiger partial charge in [-0.2, -0.15) is 0 Å². The zero-order valence-electron chi connectivity index (χ0n) is 12.4. The fourth-order valence-corrected chi connectivity index (χ4v) is 3.54. The predicted molar refractivity (Wildman–Crippen MR) is 79.1 cm³/mol. The van der Waals surface area contributed by atoms with E-state index in [-0.39, 0.29) is 5.91 Å². The van der Waals surface area contributed by atoms with Gasteiger partial charge in [-0.15, -0.1) is 0 Å². The Morgan fingerprint density at radius 2 is 1.68 bits per heavy atom. The molecule has 3 nitrogen and oxygen atoms in total. The average Bonchev–Trinajstić information content (AvgIpc) is 2.73. The molecular formula is C16H30N2O. The Morgan fingerprint density at radius 1 is 1.05 bits per heavy atom. The maximum Gasteiger partial charge on any atom is 0.220 e. The molecule has 2 saturated heterocycles. The number of amides is 1. The third kappa shape index (κ3) is 5.13. The summed E-state index contributed by atoms with van der Waals surface area (Å²) in [6.45, 7) is 2.24. The van der Waals surface area contributed by atoms with Gasteiger partial charge in [0.25, 0.3) is 0 Å². The third-order valence-electron chi connectivity index (χ3n) is 4.60. The van der Waals surface area contributed by atoms with Crippen LogP contribution >= 0.6 is 0 Å². The number of hydrogen-bond donors (Lipinski definition) is 2. The quantitative estimate of drug-likeness (QED) is 0.663. The van der Waals surface area contributed by atoms with Crippen LogP contribution in [0.1, 0.15) is 77.6 Å². The summed E-state index contributed by atoms with van der Waals surface area (Å²) in [6.07, 6.45) is 13.1. The molecule has 2 unspecified atom stereocenters. The highest BCUT2D eigenvalue weighted by molar-refractivity contribution is 5.76. The van der Waals surface area contributed by atoms with Crippen LogP contribution in [0.15, 0.2) is 0 Å². The second-order valence-corrected chi connectivity index (χ2v) is 6.39. The maximum absolute atomic E-state index is 11.9. The molecule has 0 aromatic heterocycles. The summed E-state index contributed by atoms with van der Waals surface area (Å²) in [5, 5.41) is 6.86. The summed E-state index contributed by atoms with van der Waals surface area (Å²) in [5.41, 5.74) is 0. The van der Waals surface area contributed by atoms with Crippen LogP contribution in [-0.4, -0.2) is 24.0 Å². The van der Waals surface area contributed by atoms with Gasteiger partial charge in [0.2, 0.25) is 5.91 Å². The summed E-state index contributed by atoms with van der Waals surface area (Å²) in [6, 6.07) is 1.77. The van der Waals surface area contributed by atoms with Gasteiger partial charge in [0, 0.05) is 24.5 Å². The van der Waals surface area contributed by atoms with Crippen molar-refractivity contribution in [1.29, 1.82) is 0 Å². The van der Waals surface area contributed by atoms with Crippen LogP contribution in [0.5, 0.6) is 0 Å². The van der Waals surface area contributed by atoms with Gasteiger partial charge in [0.15, 0.2) is 0 Å². The highest BCUT2D eigenvalue weighted by atomic mass is 16.1. The molecule has 0 aromatic rings. The predicted octanol–water partition coefficient (Wildman–Crippen LogP) is 3.14. The molecule has 1 amide bonds. The first-order chi connectivity index (χ1) is 9.28. The number of rotatable bonds is 8. The van der Waals surface area contributed by atoms with Crippen molar-refractivity contribution in [2.75, 3.05) is 0 Å². The molecule has 2 heterocycles. The van der Waals surface area contributed by atoms with E-state index in [1.807, 2.05) is 0 Å². The normalized spacial score (nSPS) is 29.4. The molecule has 2 aliphatic heterocycles. The van der Waals surface area contributed by atoms with Crippen molar-refractivity contribution in [2.45, 2.75) is 95.7 Å². The van der Waals surface area contributed by atoms with Crippen LogP contribution in [0.25, 0.3) is 0 Å². The van der Waals surface area contributed by atoms with E-state index in [1.54, 1.807) is 0 Å². The zero-order chi connectivity index (χ0) is 13.5. The first kappa shape index (κ1) is 14.8. The minimum absolute atomic E-state index is 0.279. The first-order valence-electron chi connectivity index (χ1n) is 8.33. The van der Waals surface area contributed by atoms with Crippen molar-refractivity contribution in [3.63, 3.8) is 0 Å². The third-order valence-corrected chi connectivity index (χ3v) is 4.60. The Labute approximate surface area is 117 Å². The van der Waals surface area contributed by atoms with Gasteiger partial charge in [0.1, 0.15) is 0 Å². The van der Waals surface area contributed by atoms with E-state index in [2.05, 4.69) is 17.6 Å². The average molecular weight is 266 g/mol. The Morgan fingerprint density at radius 3 is 2.37 bits per heavy atom. The lowest BCUT2D eigenvalue weighted by atomic mass is 9.99. The van der Waals surface area contributed by atoms with E-state index < -0.39 is 0 Å². The second kappa shape index (κ2) is 7.88. The van der Waals surface area contributed by atoms with Crippen molar-refractivity contribution in [2.24, 2.45) is 0 Å². The molecule has 2 aliphatic rings. The van der Waals surface area contributed by atoms with E-state index in [4.69, 9.17) is 0 Å². The number of piperidine rings is 1. The molecule has 0 aromatic carbocycles. The number of carbonyl (C=O) groups excluding carboxylic acids is 1. The summed E-state index contributed by atoms with van der Waals surface area (Å²) < 4.78 is 0. The van der Waals surface area contributed by atoms with Crippen molar-refractivity contribution < 1.29 is 4.79 Å². The molecule has 110 valence electrons. The fourth-order valence-electron chi connectivity index (χ4n) is 3.54. The monoisotopic (exact) mass is 266 g/mol. The van der Waals surface area contributed by atoms with Gasteiger partial charge < -0.3 is 10.6 Å². The van der Waals surface area contributed by atoms with Crippen LogP contribution in [0.2, 0.25) is 0 Å². The van der Waals surface area contributed by atoms with E-state index in [0.717, 1.165) is 25.7 Å². The molecule has 0 saturated carbocycles. The van der Waals surface area contributed by atoms with Crippen molar-refractivity contribution in [3.05, 3.63) is 0 Å². The summed E-state index contributed by atoms with van der Waals surface area (Å²) in [5.74, 6) is 0.279. The van der Waals surface area contributed by atoms with Crippen molar-refractivity contribution >= 4 is 5.91 Å². The van der Waals surface area contributed by atoms with E-state index in [1.165, 1.54) is 44.9 Å². The maximum atomic E-state index is 11.9. The Bertz CT molecular complexity index is 268. The molecule has 2 fully saturated rings. The Kier molecular flexibility index (Phi) is 6.15. The SMILES string of the molecule is CCCCCCCCC(=O)NC1CC2CCC(C1)N2. The smallest absolute Gasteiger partial charge is 0.220 e. The molecule has 0 radical (unpaired) electrons. The van der Waals surface area contributed by atoms with E-state index in [0.29, 0.717) is 18.1 Å². The molecule has 2 N–H and O–H groups in total. The summed E-state index contributed by atoms with van der Waals surface area (Å²) in [4.78, 5) is 11.9. The van der Waals surface area contributed by atoms with Crippen molar-refractivity contribution in [1.82, 2.24) is 10.6 Å². The summed E-state index contributed by atoms with van der Waals surface area (Å²) >= 11 is 0. The molecular weight excluding hydrogens is 236 g/mol. The molecule has 0 spiro atoms. The summed E-state index contributed by atoms with van der Waals surface area (Å²) in [7, 11) is 0. The molecule has 3 heteroatoms. The topological polar surface area (TPSA) is 41.1 Å². The van der Waals surface area contributed by atoms with Crippen LogP contribution in [0, 0.1) is 0 Å². The van der Waals surface area contributed by atoms with Crippen LogP contribution < -0.4 is 10.6 Å². The largest absolute Gasteiger partial charge is 0.353 e. The highest BCUT2D eigenvalue weighted by Crippen LogP contribution is 2.26. The van der Waals surface area contributed by atoms with Gasteiger partial charge >= 0.3 is 0 Å². The van der Waals surface area contributed by atoms with Gasteiger partial charge in [0.05, 0.1) is 0 Å². The lowest BCUT2D eigenvalue weighted by molar-refractivity contribution is -0.122. The van der Waals surface area contributed by atoms with Crippen molar-refractivity contribution in [3.8, 4) is 0 Å². The molecule has 2 bridgehead atoms. The lowest BCUT2D eigenvalue weighted by Gasteiger charge is -2.29. The highest BCUT2D eigenvalue weighted by Gasteiger charge is 2.33. The number of fused-ring (bicyclic) bond motifs is 2. The van der Waals surface area contributed by atoms with Crippen LogP contribution in [0.4, 0.5) is 0 Å². The van der Waals surface area contributed by atoms with E-state index >= 15 is 0 Å². The second-order valence-electron chi connectivity index (χ2n) is 6.39. The number of carbonyl (C=O) groups is 1. The molecule has 0 aliphatic carbocycles. The first-order valence-corrected chi connectivity index (χ1v) is 8.33. The Balaban J connectivity index is 1.52. The lowest BCUT2D eigenvalue weighted by Crippen LogP contribution is -2.47. The number of nitrogens with one attached hydrogen (secondary N) is 2. The van der Waals surface area contributed by atoms with Gasteiger partial charge in [-0.05, 0) is 32.1 Å². The molecule has 2 atom stereocenters. The van der Waals surface area contributed by atoms with E-state index in [9.17, 15) is 4.79 Å². The minimum atomic E-state index is 0.279. The Hall–Kier alpha value is -0.570. The number of unbranched alkanes of at least 4 members (excludes halogenated alkanes) is 5. The minimum Gasteiger partial charge on any atom is -0.353 e. The van der Waals surface area contributed by atoms with Gasteiger partial charge in [-0.3, -0.25) is 4.79 Å². The standard InChI is InChI=1S/C16H30N2O/c1-2-3-4-5-6-7-8-16(19)18-15-11-13-9-10-14(12-15)17-13/h13-15,17H,2-12H2,1H3,(H,18,19). The van der Waals surface area contributed by atoms with Gasteiger partial charge in [-0.25, -0.2) is 0 Å². The molecule has 2 rings (SSSR count). The molecule has 19 heavy (non-hydrogen) atoms. The van der Waals surface area contributed by atoms with Crippen LogP contribution in [-0.2, 0) is 4.79 Å². The number of hydrogen-bond acceptors (Lipinski definition) is 2. The van der Waals surface area contributed by atoms with Gasteiger partial charge in [-0.1, -0.05) is 39.0 Å². The zero-order valence-corrected chi connectivity index (χ0v) is 12.4. The fraction of sp³-hybridized carbons (Fsp3) is 0.938. The van der Waals surface area contributed by atoms with Crippen LogP contribution in [0.3, 0.4) is 0 Å².